The third kappa shape index (κ3) is 1.77. The number of allylic oxidation sites excluding steroid dienone is 4. The normalized spacial score (nSPS) is 23.0. The maximum atomic E-state index is 4.58. The Labute approximate surface area is 139 Å². The largest absolute Gasteiger partial charge is 0.175 e. The standard InChI is InChI=1S/C22H22Si/c1-15-13-19-9-5-7-11-21(19)23(17(15)3)18(4)16(2)14-20-10-6-8-12-22(20)23/h5-12H,1,3,13-14H2,2,4H3. The Morgan fingerprint density at radius 1 is 0.783 bits per heavy atom. The molecule has 2 aliphatic rings. The number of fused-ring (bicyclic) bond motifs is 4. The lowest BCUT2D eigenvalue weighted by molar-refractivity contribution is 1.10. The zero-order valence-corrected chi connectivity index (χ0v) is 14.9. The number of rotatable bonds is 0. The van der Waals surface area contributed by atoms with E-state index < -0.39 is 8.07 Å². The minimum atomic E-state index is -2.16. The first kappa shape index (κ1) is 14.5. The highest BCUT2D eigenvalue weighted by Gasteiger charge is 2.49. The third-order valence-electron chi connectivity index (χ3n) is 5.78. The van der Waals surface area contributed by atoms with Crippen molar-refractivity contribution in [1.29, 1.82) is 0 Å². The van der Waals surface area contributed by atoms with E-state index in [0.29, 0.717) is 0 Å². The fourth-order valence-electron chi connectivity index (χ4n) is 4.52. The molecule has 0 aliphatic carbocycles. The van der Waals surface area contributed by atoms with Crippen LogP contribution in [0.5, 0.6) is 0 Å². The lowest BCUT2D eigenvalue weighted by Gasteiger charge is -2.45. The third-order valence-corrected chi connectivity index (χ3v) is 11.2. The SMILES string of the molecule is C=C1Cc2ccccc2[Si]2(C1=C)C(C)=C(C)Cc1ccccc12. The van der Waals surface area contributed by atoms with Gasteiger partial charge in [0.05, 0.1) is 0 Å². The maximum absolute atomic E-state index is 4.58. The van der Waals surface area contributed by atoms with Crippen LogP contribution in [0.15, 0.2) is 83.2 Å². The Balaban J connectivity index is 2.18. The summed E-state index contributed by atoms with van der Waals surface area (Å²) in [5.74, 6) is 0. The molecule has 2 heterocycles. The molecule has 0 saturated carbocycles. The molecule has 114 valence electrons. The summed E-state index contributed by atoms with van der Waals surface area (Å²) < 4.78 is 0. The van der Waals surface area contributed by atoms with Gasteiger partial charge in [0.2, 0.25) is 0 Å². The smallest absolute Gasteiger partial charge is 0.0985 e. The van der Waals surface area contributed by atoms with Crippen molar-refractivity contribution >= 4 is 18.4 Å². The number of hydrogen-bond donors (Lipinski definition) is 0. The van der Waals surface area contributed by atoms with Gasteiger partial charge in [-0.05, 0) is 53.4 Å². The molecule has 2 aromatic carbocycles. The van der Waals surface area contributed by atoms with E-state index in [1.807, 2.05) is 0 Å². The molecule has 1 spiro atoms. The summed E-state index contributed by atoms with van der Waals surface area (Å²) in [7, 11) is -2.16. The second kappa shape index (κ2) is 4.94. The predicted octanol–water partition coefficient (Wildman–Crippen LogP) is 3.89. The lowest BCUT2D eigenvalue weighted by atomic mass is 10.0. The Kier molecular flexibility index (Phi) is 3.11. The van der Waals surface area contributed by atoms with Gasteiger partial charge in [-0.15, -0.1) is 0 Å². The molecule has 2 aromatic rings. The Bertz CT molecular complexity index is 884. The molecule has 0 N–H and O–H groups in total. The van der Waals surface area contributed by atoms with Gasteiger partial charge >= 0.3 is 0 Å². The summed E-state index contributed by atoms with van der Waals surface area (Å²) in [6.45, 7) is 13.6. The van der Waals surface area contributed by atoms with Gasteiger partial charge in [-0.2, -0.15) is 0 Å². The van der Waals surface area contributed by atoms with Crippen molar-refractivity contribution in [3.63, 3.8) is 0 Å². The molecule has 1 unspecified atom stereocenters. The fraction of sp³-hybridized carbons (Fsp3) is 0.182. The summed E-state index contributed by atoms with van der Waals surface area (Å²) in [6, 6.07) is 18.0. The van der Waals surface area contributed by atoms with E-state index in [9.17, 15) is 0 Å². The lowest BCUT2D eigenvalue weighted by Crippen LogP contribution is -2.66. The Morgan fingerprint density at radius 2 is 1.30 bits per heavy atom. The van der Waals surface area contributed by atoms with E-state index in [-0.39, 0.29) is 0 Å². The van der Waals surface area contributed by atoms with Crippen molar-refractivity contribution in [3.8, 4) is 0 Å². The molecule has 23 heavy (non-hydrogen) atoms. The first-order valence-electron chi connectivity index (χ1n) is 8.28. The molecule has 0 bridgehead atoms. The maximum Gasteiger partial charge on any atom is 0.175 e. The average Bonchev–Trinajstić information content (AvgIpc) is 2.56. The van der Waals surface area contributed by atoms with Crippen LogP contribution in [-0.4, -0.2) is 8.07 Å². The van der Waals surface area contributed by atoms with E-state index in [0.717, 1.165) is 12.8 Å². The first-order chi connectivity index (χ1) is 11.1. The molecular weight excluding hydrogens is 292 g/mol. The Hall–Kier alpha value is -2.12. The van der Waals surface area contributed by atoms with Crippen molar-refractivity contribution in [2.24, 2.45) is 0 Å². The van der Waals surface area contributed by atoms with Crippen LogP contribution in [0.1, 0.15) is 25.0 Å². The quantitative estimate of drug-likeness (QED) is 0.647. The highest BCUT2D eigenvalue weighted by Crippen LogP contribution is 2.38. The summed E-state index contributed by atoms with van der Waals surface area (Å²) in [4.78, 5) is 0. The zero-order chi connectivity index (χ0) is 16.2. The van der Waals surface area contributed by atoms with Gasteiger partial charge in [0.15, 0.2) is 8.07 Å². The number of hydrogen-bond acceptors (Lipinski definition) is 0. The summed E-state index contributed by atoms with van der Waals surface area (Å²) in [5.41, 5.74) is 5.66. The van der Waals surface area contributed by atoms with Gasteiger partial charge in [-0.25, -0.2) is 0 Å². The van der Waals surface area contributed by atoms with Crippen LogP contribution in [0.25, 0.3) is 0 Å². The number of benzene rings is 2. The van der Waals surface area contributed by atoms with Gasteiger partial charge in [0, 0.05) is 0 Å². The van der Waals surface area contributed by atoms with E-state index >= 15 is 0 Å². The van der Waals surface area contributed by atoms with Gasteiger partial charge in [-0.1, -0.05) is 78.0 Å². The molecule has 0 radical (unpaired) electrons. The van der Waals surface area contributed by atoms with Crippen molar-refractivity contribution < 1.29 is 0 Å². The molecule has 1 atom stereocenters. The van der Waals surface area contributed by atoms with E-state index in [4.69, 9.17) is 0 Å². The van der Waals surface area contributed by atoms with Crippen LogP contribution in [0.2, 0.25) is 0 Å². The van der Waals surface area contributed by atoms with Gasteiger partial charge in [0.25, 0.3) is 0 Å². The van der Waals surface area contributed by atoms with Crippen molar-refractivity contribution in [2.45, 2.75) is 26.7 Å². The van der Waals surface area contributed by atoms with Gasteiger partial charge in [0.1, 0.15) is 0 Å². The van der Waals surface area contributed by atoms with Crippen molar-refractivity contribution in [3.05, 3.63) is 94.4 Å². The highest BCUT2D eigenvalue weighted by atomic mass is 28.3. The molecule has 2 aliphatic heterocycles. The van der Waals surface area contributed by atoms with Crippen LogP contribution < -0.4 is 10.4 Å². The van der Waals surface area contributed by atoms with E-state index in [1.54, 1.807) is 5.20 Å². The molecule has 0 aromatic heterocycles. The molecule has 0 nitrogen and oxygen atoms in total. The van der Waals surface area contributed by atoms with E-state index in [1.165, 1.54) is 37.8 Å². The molecule has 1 heteroatoms. The van der Waals surface area contributed by atoms with Crippen LogP contribution in [0.4, 0.5) is 0 Å². The second-order valence-electron chi connectivity index (χ2n) is 6.91. The first-order valence-corrected chi connectivity index (χ1v) is 10.3. The second-order valence-corrected chi connectivity index (χ2v) is 10.8. The average molecular weight is 315 g/mol. The van der Waals surface area contributed by atoms with Crippen LogP contribution in [-0.2, 0) is 12.8 Å². The summed E-state index contributed by atoms with van der Waals surface area (Å²) in [5, 5.41) is 5.93. The highest BCUT2D eigenvalue weighted by molar-refractivity contribution is 7.13. The monoisotopic (exact) mass is 314 g/mol. The molecular formula is C22H22Si. The van der Waals surface area contributed by atoms with Gasteiger partial charge in [-0.3, -0.25) is 0 Å². The van der Waals surface area contributed by atoms with Crippen LogP contribution in [0.3, 0.4) is 0 Å². The fourth-order valence-corrected chi connectivity index (χ4v) is 10.1. The summed E-state index contributed by atoms with van der Waals surface area (Å²) in [6.07, 6.45) is 2.01. The zero-order valence-electron chi connectivity index (χ0n) is 13.9. The molecule has 0 amide bonds. The molecule has 0 saturated heterocycles. The predicted molar refractivity (Wildman–Crippen MR) is 102 cm³/mol. The van der Waals surface area contributed by atoms with Crippen LogP contribution >= 0.6 is 0 Å². The van der Waals surface area contributed by atoms with E-state index in [2.05, 4.69) is 75.5 Å². The minimum Gasteiger partial charge on any atom is -0.0985 e. The minimum absolute atomic E-state index is 0.943. The molecule has 4 rings (SSSR count). The van der Waals surface area contributed by atoms with Crippen LogP contribution in [0, 0.1) is 0 Å². The van der Waals surface area contributed by atoms with Crippen molar-refractivity contribution in [2.75, 3.05) is 0 Å². The molecule has 0 fully saturated rings. The van der Waals surface area contributed by atoms with Crippen molar-refractivity contribution in [1.82, 2.24) is 0 Å². The van der Waals surface area contributed by atoms with Gasteiger partial charge < -0.3 is 0 Å². The Morgan fingerprint density at radius 3 is 1.91 bits per heavy atom. The topological polar surface area (TPSA) is 0 Å². The summed E-state index contributed by atoms with van der Waals surface area (Å²) >= 11 is 0.